The molecule has 0 radical (unpaired) electrons. The Morgan fingerprint density at radius 3 is 1.97 bits per heavy atom. The fourth-order valence-electron chi connectivity index (χ4n) is 4.14. The topological polar surface area (TPSA) is 61.8 Å². The minimum atomic E-state index is -2.64. The molecule has 0 aromatic heterocycles. The highest BCUT2D eigenvalue weighted by Crippen LogP contribution is 2.43. The summed E-state index contributed by atoms with van der Waals surface area (Å²) in [4.78, 5) is 24.1. The highest BCUT2D eigenvalue weighted by molar-refractivity contribution is 6.99. The predicted octanol–water partition coefficient (Wildman–Crippen LogP) is 4.53. The van der Waals surface area contributed by atoms with Crippen LogP contribution in [0.5, 0.6) is 0 Å². The van der Waals surface area contributed by atoms with Gasteiger partial charge < -0.3 is 13.9 Å². The van der Waals surface area contributed by atoms with Gasteiger partial charge >= 0.3 is 12.1 Å². The first kappa shape index (κ1) is 24.2. The van der Waals surface area contributed by atoms with E-state index >= 15 is 0 Å². The van der Waals surface area contributed by atoms with E-state index in [9.17, 15) is 9.59 Å². The average molecular weight is 455 g/mol. The molecule has 1 aliphatic rings. The van der Waals surface area contributed by atoms with Crippen molar-refractivity contribution in [2.45, 2.75) is 46.1 Å². The maximum Gasteiger partial charge on any atom is 0.516 e. The van der Waals surface area contributed by atoms with Gasteiger partial charge in [0.2, 0.25) is 0 Å². The molecule has 0 unspecified atom stereocenters. The zero-order valence-corrected chi connectivity index (χ0v) is 20.7. The van der Waals surface area contributed by atoms with Crippen LogP contribution >= 0.6 is 0 Å². The number of hydrogen-bond acceptors (Lipinski definition) is 5. The van der Waals surface area contributed by atoms with Crippen LogP contribution in [0.3, 0.4) is 0 Å². The Hall–Kier alpha value is -2.44. The Kier molecular flexibility index (Phi) is 7.57. The van der Waals surface area contributed by atoms with Crippen molar-refractivity contribution in [3.05, 3.63) is 60.7 Å². The zero-order chi connectivity index (χ0) is 23.4. The lowest BCUT2D eigenvalue weighted by atomic mass is 10.2. The second-order valence-electron chi connectivity index (χ2n) is 9.95. The molecule has 172 valence electrons. The van der Waals surface area contributed by atoms with Gasteiger partial charge in [0, 0.05) is 6.61 Å². The van der Waals surface area contributed by atoms with Gasteiger partial charge in [0.1, 0.15) is 0 Å². The molecule has 3 rings (SSSR count). The van der Waals surface area contributed by atoms with Crippen molar-refractivity contribution in [2.75, 3.05) is 13.2 Å². The summed E-state index contributed by atoms with van der Waals surface area (Å²) < 4.78 is 16.7. The Morgan fingerprint density at radius 1 is 0.969 bits per heavy atom. The molecule has 2 atom stereocenters. The Morgan fingerprint density at radius 2 is 1.50 bits per heavy atom. The summed E-state index contributed by atoms with van der Waals surface area (Å²) in [5.41, 5.74) is 0. The number of esters is 1. The molecule has 1 saturated carbocycles. The number of hydrogen-bond donors (Lipinski definition) is 0. The van der Waals surface area contributed by atoms with E-state index in [4.69, 9.17) is 13.9 Å². The van der Waals surface area contributed by atoms with Crippen molar-refractivity contribution in [2.24, 2.45) is 17.8 Å². The van der Waals surface area contributed by atoms with E-state index in [-0.39, 0.29) is 29.4 Å². The molecule has 0 aliphatic heterocycles. The quantitative estimate of drug-likeness (QED) is 0.333. The second-order valence-corrected chi connectivity index (χ2v) is 14.3. The van der Waals surface area contributed by atoms with Gasteiger partial charge in [-0.15, -0.1) is 0 Å². The van der Waals surface area contributed by atoms with Crippen LogP contribution in [0.4, 0.5) is 4.79 Å². The van der Waals surface area contributed by atoms with E-state index in [2.05, 4.69) is 69.3 Å². The Bertz CT molecular complexity index is 865. The van der Waals surface area contributed by atoms with Crippen LogP contribution in [0.25, 0.3) is 0 Å². The molecule has 0 bridgehead atoms. The van der Waals surface area contributed by atoms with Gasteiger partial charge in [-0.3, -0.25) is 4.79 Å². The normalized spacial score (nSPS) is 18.3. The van der Waals surface area contributed by atoms with Gasteiger partial charge in [0.15, 0.2) is 0 Å². The molecule has 5 nitrogen and oxygen atoms in total. The van der Waals surface area contributed by atoms with E-state index in [0.29, 0.717) is 13.0 Å². The summed E-state index contributed by atoms with van der Waals surface area (Å²) >= 11 is 0. The monoisotopic (exact) mass is 454 g/mol. The van der Waals surface area contributed by atoms with Crippen LogP contribution in [0.15, 0.2) is 60.7 Å². The molecule has 1 fully saturated rings. The van der Waals surface area contributed by atoms with Crippen molar-refractivity contribution in [3.63, 3.8) is 0 Å². The summed E-state index contributed by atoms with van der Waals surface area (Å²) in [6.07, 6.45) is -0.253. The molecule has 32 heavy (non-hydrogen) atoms. The molecule has 0 spiro atoms. The van der Waals surface area contributed by atoms with E-state index in [1.54, 1.807) is 0 Å². The summed E-state index contributed by atoms with van der Waals surface area (Å²) in [7, 11) is -2.64. The molecule has 2 aromatic rings. The van der Waals surface area contributed by atoms with Crippen LogP contribution in [0, 0.1) is 17.8 Å². The first-order valence-corrected chi connectivity index (χ1v) is 13.2. The second kappa shape index (κ2) is 10.0. The molecule has 2 aromatic carbocycles. The van der Waals surface area contributed by atoms with Crippen molar-refractivity contribution in [1.29, 1.82) is 0 Å². The number of carbonyl (C=O) groups excluding carboxylic acids is 2. The van der Waals surface area contributed by atoms with Gasteiger partial charge in [-0.2, -0.15) is 0 Å². The molecule has 0 N–H and O–H groups in total. The average Bonchev–Trinajstić information content (AvgIpc) is 3.53. The van der Waals surface area contributed by atoms with Gasteiger partial charge in [0.25, 0.3) is 8.32 Å². The molecule has 1 aliphatic carbocycles. The van der Waals surface area contributed by atoms with E-state index in [1.807, 2.05) is 26.0 Å². The summed E-state index contributed by atoms with van der Waals surface area (Å²) in [6, 6.07) is 20.8. The minimum Gasteiger partial charge on any atom is -0.434 e. The molecule has 0 saturated heterocycles. The summed E-state index contributed by atoms with van der Waals surface area (Å²) in [6.45, 7) is 11.2. The van der Waals surface area contributed by atoms with Gasteiger partial charge in [0.05, 0.1) is 12.5 Å². The molecular weight excluding hydrogens is 420 g/mol. The number of carbonyl (C=O) groups is 2. The Labute approximate surface area is 192 Å². The summed E-state index contributed by atoms with van der Waals surface area (Å²) in [5, 5.41) is 2.29. The lowest BCUT2D eigenvalue weighted by molar-refractivity contribution is -0.141. The number of ether oxygens (including phenoxy) is 2. The summed E-state index contributed by atoms with van der Waals surface area (Å²) in [5.74, 6) is -0.608. The van der Waals surface area contributed by atoms with Gasteiger partial charge in [-0.25, -0.2) is 4.79 Å². The van der Waals surface area contributed by atoms with Crippen molar-refractivity contribution in [1.82, 2.24) is 0 Å². The number of benzene rings is 2. The Balaban J connectivity index is 1.74. The minimum absolute atomic E-state index is 0.0436. The standard InChI is InChI=1S/C26H34O5Si/c1-19(2)17-29-25(28)31-24(27)23-16-20(23)18-30-32(26(3,4)5,21-12-8-6-9-13-21)22-14-10-7-11-15-22/h6-15,19-20,23H,16-18H2,1-5H3/t20-,23-/m1/s1. The van der Waals surface area contributed by atoms with Crippen LogP contribution in [-0.2, 0) is 18.7 Å². The van der Waals surface area contributed by atoms with Crippen LogP contribution < -0.4 is 10.4 Å². The SMILES string of the molecule is CC(C)COC(=O)OC(=O)[C@@H]1C[C@@H]1CO[Si](c1ccccc1)(c1ccccc1)C(C)(C)C. The lowest BCUT2D eigenvalue weighted by Crippen LogP contribution is -2.66. The van der Waals surface area contributed by atoms with Gasteiger partial charge in [-0.05, 0) is 33.7 Å². The van der Waals surface area contributed by atoms with E-state index < -0.39 is 20.4 Å². The maximum absolute atomic E-state index is 12.4. The molecule has 0 amide bonds. The largest absolute Gasteiger partial charge is 0.516 e. The first-order valence-electron chi connectivity index (χ1n) is 11.3. The number of rotatable bonds is 8. The molecule has 0 heterocycles. The molecule has 6 heteroatoms. The van der Waals surface area contributed by atoms with Crippen molar-refractivity contribution < 1.29 is 23.5 Å². The highest BCUT2D eigenvalue weighted by atomic mass is 28.4. The van der Waals surface area contributed by atoms with Crippen LogP contribution in [-0.4, -0.2) is 33.7 Å². The zero-order valence-electron chi connectivity index (χ0n) is 19.7. The smallest absolute Gasteiger partial charge is 0.434 e. The fraction of sp³-hybridized carbons (Fsp3) is 0.462. The first-order chi connectivity index (χ1) is 15.1. The molecular formula is C26H34O5Si. The third kappa shape index (κ3) is 5.48. The maximum atomic E-state index is 12.4. The van der Waals surface area contributed by atoms with E-state index in [0.717, 1.165) is 0 Å². The van der Waals surface area contributed by atoms with Crippen LogP contribution in [0.2, 0.25) is 5.04 Å². The van der Waals surface area contributed by atoms with Gasteiger partial charge in [-0.1, -0.05) is 95.3 Å². The fourth-order valence-corrected chi connectivity index (χ4v) is 8.76. The third-order valence-corrected chi connectivity index (χ3v) is 10.9. The highest BCUT2D eigenvalue weighted by Gasteiger charge is 2.53. The van der Waals surface area contributed by atoms with E-state index in [1.165, 1.54) is 10.4 Å². The van der Waals surface area contributed by atoms with Crippen molar-refractivity contribution >= 4 is 30.8 Å². The third-order valence-electron chi connectivity index (χ3n) is 5.87. The lowest BCUT2D eigenvalue weighted by Gasteiger charge is -2.43. The van der Waals surface area contributed by atoms with Crippen molar-refractivity contribution in [3.8, 4) is 0 Å². The predicted molar refractivity (Wildman–Crippen MR) is 127 cm³/mol. The van der Waals surface area contributed by atoms with Crippen LogP contribution in [0.1, 0.15) is 41.0 Å².